The molecular weight excluding hydrogens is 522 g/mol. The highest BCUT2D eigenvalue weighted by molar-refractivity contribution is 5.94. The highest BCUT2D eigenvalue weighted by atomic mass is 35.5. The van der Waals surface area contributed by atoms with Crippen molar-refractivity contribution in [2.75, 3.05) is 56.2 Å². The summed E-state index contributed by atoms with van der Waals surface area (Å²) < 4.78 is 6.38. The van der Waals surface area contributed by atoms with Gasteiger partial charge in [0.2, 0.25) is 5.88 Å². The topological polar surface area (TPSA) is 91.5 Å². The van der Waals surface area contributed by atoms with Crippen molar-refractivity contribution in [1.82, 2.24) is 15.2 Å². The van der Waals surface area contributed by atoms with Crippen LogP contribution in [-0.2, 0) is 13.0 Å². The molecule has 0 unspecified atom stereocenters. The zero-order chi connectivity index (χ0) is 26.8. The quantitative estimate of drug-likeness (QED) is 0.481. The van der Waals surface area contributed by atoms with Crippen LogP contribution in [0.15, 0.2) is 42.5 Å². The van der Waals surface area contributed by atoms with Crippen molar-refractivity contribution in [2.45, 2.75) is 44.3 Å². The molecule has 2 saturated heterocycles. The van der Waals surface area contributed by atoms with E-state index in [1.165, 1.54) is 22.9 Å². The van der Waals surface area contributed by atoms with Crippen LogP contribution < -0.4 is 19.9 Å². The Morgan fingerprint density at radius 1 is 1.05 bits per heavy atom. The summed E-state index contributed by atoms with van der Waals surface area (Å²) in [6.45, 7) is 5.41. The zero-order valence-electron chi connectivity index (χ0n) is 23.0. The number of aromatic nitrogens is 1. The van der Waals surface area contributed by atoms with Crippen LogP contribution in [0.4, 0.5) is 11.5 Å². The molecule has 0 spiro atoms. The molecule has 3 aliphatic rings. The first-order valence-electron chi connectivity index (χ1n) is 14.0. The molecule has 2 fully saturated rings. The van der Waals surface area contributed by atoms with Crippen molar-refractivity contribution in [3.05, 3.63) is 59.2 Å². The van der Waals surface area contributed by atoms with Gasteiger partial charge in [0.25, 0.3) is 0 Å². The van der Waals surface area contributed by atoms with Gasteiger partial charge in [0.05, 0.1) is 12.5 Å². The minimum absolute atomic E-state index is 0. The normalized spacial score (nSPS) is 20.9. The van der Waals surface area contributed by atoms with Crippen LogP contribution in [0.5, 0.6) is 5.88 Å². The Morgan fingerprint density at radius 2 is 1.90 bits per heavy atom. The molecule has 0 bridgehead atoms. The molecule has 0 amide bonds. The molecule has 4 heterocycles. The first-order chi connectivity index (χ1) is 19.2. The van der Waals surface area contributed by atoms with Gasteiger partial charge in [-0.15, -0.1) is 12.4 Å². The fourth-order valence-electron chi connectivity index (χ4n) is 6.39. The van der Waals surface area contributed by atoms with Crippen LogP contribution in [0, 0.1) is 22.7 Å². The van der Waals surface area contributed by atoms with Crippen molar-refractivity contribution in [3.63, 3.8) is 0 Å². The lowest BCUT2D eigenvalue weighted by Crippen LogP contribution is -2.51. The van der Waals surface area contributed by atoms with E-state index in [2.05, 4.69) is 81.7 Å². The molecule has 3 aromatic rings. The molecule has 8 nitrogen and oxygen atoms in total. The number of benzene rings is 2. The summed E-state index contributed by atoms with van der Waals surface area (Å²) in [5.41, 5.74) is 3.91. The first kappa shape index (κ1) is 28.0. The number of ether oxygens (including phenoxy) is 1. The molecule has 1 N–H and O–H groups in total. The van der Waals surface area contributed by atoms with Gasteiger partial charge < -0.3 is 24.8 Å². The molecule has 1 aromatic heterocycles. The average molecular weight is 558 g/mol. The fraction of sp³-hybridized carbons (Fsp3) is 0.452. The summed E-state index contributed by atoms with van der Waals surface area (Å²) in [5, 5.41) is 25.6. The van der Waals surface area contributed by atoms with Crippen molar-refractivity contribution in [3.8, 4) is 18.0 Å². The van der Waals surface area contributed by atoms with Crippen molar-refractivity contribution in [2.24, 2.45) is 0 Å². The maximum atomic E-state index is 10.4. The lowest BCUT2D eigenvalue weighted by molar-refractivity contribution is 0.192. The highest BCUT2D eigenvalue weighted by Gasteiger charge is 2.32. The Hall–Kier alpha value is -3.56. The third-order valence-corrected chi connectivity index (χ3v) is 8.53. The third-order valence-electron chi connectivity index (χ3n) is 8.53. The standard InChI is InChI=1S/C31H35N7O.ClH/c1-36-15-5-8-24(36)21-39-31-27(18-33)28-20-37(29-10-4-7-22-6-2-3-9-25(22)29)16-12-26(28)30(35-31)38-17-14-34-23(19-38)11-13-32;/h2-4,6-7,9-10,23-24,34H,5,8,11-12,14-17,19-21H2,1H3;1H/t23-,24+;/m1./s1. The summed E-state index contributed by atoms with van der Waals surface area (Å²) in [6, 6.07) is 20.1. The second-order valence-corrected chi connectivity index (χ2v) is 10.9. The number of nitrogens with one attached hydrogen (secondary N) is 1. The molecule has 0 saturated carbocycles. The lowest BCUT2D eigenvalue weighted by Gasteiger charge is -2.38. The van der Waals surface area contributed by atoms with Gasteiger partial charge in [-0.1, -0.05) is 36.4 Å². The number of pyridine rings is 1. The van der Waals surface area contributed by atoms with E-state index in [1.807, 2.05) is 0 Å². The molecule has 208 valence electrons. The number of hydrogen-bond acceptors (Lipinski definition) is 8. The second-order valence-electron chi connectivity index (χ2n) is 10.9. The number of nitrogens with zero attached hydrogens (tertiary/aromatic N) is 6. The van der Waals surface area contributed by atoms with Gasteiger partial charge in [-0.3, -0.25) is 0 Å². The van der Waals surface area contributed by atoms with E-state index >= 15 is 0 Å². The van der Waals surface area contributed by atoms with Gasteiger partial charge in [0.1, 0.15) is 24.1 Å². The van der Waals surface area contributed by atoms with Gasteiger partial charge in [-0.2, -0.15) is 15.5 Å². The van der Waals surface area contributed by atoms with Crippen LogP contribution >= 0.6 is 12.4 Å². The fourth-order valence-corrected chi connectivity index (χ4v) is 6.39. The number of piperazine rings is 1. The molecule has 2 atom stereocenters. The Bertz CT molecular complexity index is 1440. The van der Waals surface area contributed by atoms with E-state index in [4.69, 9.17) is 9.72 Å². The summed E-state index contributed by atoms with van der Waals surface area (Å²) in [5.74, 6) is 1.36. The van der Waals surface area contributed by atoms with E-state index in [-0.39, 0.29) is 18.4 Å². The number of hydrogen-bond donors (Lipinski definition) is 1. The molecule has 0 radical (unpaired) electrons. The number of rotatable bonds is 6. The van der Waals surface area contributed by atoms with Crippen LogP contribution in [-0.4, -0.2) is 68.3 Å². The highest BCUT2D eigenvalue weighted by Crippen LogP contribution is 2.38. The van der Waals surface area contributed by atoms with Gasteiger partial charge >= 0.3 is 0 Å². The predicted molar refractivity (Wildman–Crippen MR) is 160 cm³/mol. The average Bonchev–Trinajstić information content (AvgIpc) is 3.39. The minimum Gasteiger partial charge on any atom is -0.475 e. The molecule has 0 aliphatic carbocycles. The SMILES string of the molecule is CN1CCC[C@H]1COc1nc(N2CCN[C@H](CC#N)C2)c2c(c1C#N)CN(c1cccc3ccccc13)CC2.Cl. The molecule has 2 aromatic carbocycles. The molecule has 6 rings (SSSR count). The molecule has 40 heavy (non-hydrogen) atoms. The number of nitriles is 2. The van der Waals surface area contributed by atoms with Crippen molar-refractivity contribution >= 4 is 34.7 Å². The first-order valence-corrected chi connectivity index (χ1v) is 14.0. The molecular formula is C31H36ClN7O. The third kappa shape index (κ3) is 5.40. The van der Waals surface area contributed by atoms with E-state index in [1.54, 1.807) is 0 Å². The van der Waals surface area contributed by atoms with Crippen molar-refractivity contribution in [1.29, 1.82) is 10.5 Å². The van der Waals surface area contributed by atoms with Gasteiger partial charge in [-0.05, 0) is 44.3 Å². The largest absolute Gasteiger partial charge is 0.475 e. The number of halogens is 1. The summed E-state index contributed by atoms with van der Waals surface area (Å²) in [7, 11) is 2.13. The van der Waals surface area contributed by atoms with Crippen LogP contribution in [0.25, 0.3) is 10.8 Å². The monoisotopic (exact) mass is 557 g/mol. The Kier molecular flexibility index (Phi) is 8.61. The summed E-state index contributed by atoms with van der Waals surface area (Å²) in [4.78, 5) is 12.1. The zero-order valence-corrected chi connectivity index (χ0v) is 23.8. The van der Waals surface area contributed by atoms with Crippen LogP contribution in [0.1, 0.15) is 36.0 Å². The van der Waals surface area contributed by atoms with Gasteiger partial charge in [0.15, 0.2) is 0 Å². The van der Waals surface area contributed by atoms with Gasteiger partial charge in [-0.25, -0.2) is 0 Å². The van der Waals surface area contributed by atoms with Crippen molar-refractivity contribution < 1.29 is 4.74 Å². The van der Waals surface area contributed by atoms with Gasteiger partial charge in [0, 0.05) is 67.0 Å². The maximum absolute atomic E-state index is 10.4. The Labute approximate surface area is 242 Å². The minimum atomic E-state index is 0. The van der Waals surface area contributed by atoms with E-state index in [0.717, 1.165) is 62.5 Å². The number of fused-ring (bicyclic) bond motifs is 2. The Morgan fingerprint density at radius 3 is 2.70 bits per heavy atom. The predicted octanol–water partition coefficient (Wildman–Crippen LogP) is 4.26. The number of likely N-dealkylation sites (N-methyl/N-ethyl adjacent to an activating group) is 1. The van der Waals surface area contributed by atoms with E-state index in [9.17, 15) is 10.5 Å². The molecule has 3 aliphatic heterocycles. The number of likely N-dealkylation sites (tertiary alicyclic amines) is 1. The smallest absolute Gasteiger partial charge is 0.234 e. The Balaban J connectivity index is 0.00000323. The lowest BCUT2D eigenvalue weighted by atomic mass is 9.94. The number of anilines is 2. The maximum Gasteiger partial charge on any atom is 0.234 e. The summed E-state index contributed by atoms with van der Waals surface area (Å²) >= 11 is 0. The van der Waals surface area contributed by atoms with Crippen LogP contribution in [0.2, 0.25) is 0 Å². The second kappa shape index (κ2) is 12.3. The molecule has 9 heteroatoms. The summed E-state index contributed by atoms with van der Waals surface area (Å²) in [6.07, 6.45) is 3.52. The van der Waals surface area contributed by atoms with E-state index < -0.39 is 0 Å². The van der Waals surface area contributed by atoms with Crippen LogP contribution in [0.3, 0.4) is 0 Å². The van der Waals surface area contributed by atoms with E-state index in [0.29, 0.717) is 37.1 Å².